The van der Waals surface area contributed by atoms with Gasteiger partial charge in [0.1, 0.15) is 5.82 Å². The lowest BCUT2D eigenvalue weighted by Crippen LogP contribution is -2.35. The van der Waals surface area contributed by atoms with Gasteiger partial charge < -0.3 is 10.4 Å². The molecule has 27 heavy (non-hydrogen) atoms. The first kappa shape index (κ1) is 21.6. The van der Waals surface area contributed by atoms with Gasteiger partial charge in [-0.3, -0.25) is 4.79 Å². The number of sulfone groups is 1. The van der Waals surface area contributed by atoms with Crippen LogP contribution in [0.4, 0.5) is 4.39 Å². The van der Waals surface area contributed by atoms with E-state index >= 15 is 0 Å². The molecular formula is C18H18Cl2FNO4S. The maximum Gasteiger partial charge on any atom is 0.223 e. The molecule has 2 rings (SSSR count). The Labute approximate surface area is 167 Å². The van der Waals surface area contributed by atoms with Gasteiger partial charge >= 0.3 is 0 Å². The van der Waals surface area contributed by atoms with Crippen molar-refractivity contribution in [3.05, 3.63) is 63.9 Å². The fourth-order valence-electron chi connectivity index (χ4n) is 2.45. The van der Waals surface area contributed by atoms with Gasteiger partial charge in [0.2, 0.25) is 5.91 Å². The fourth-order valence-corrected chi connectivity index (χ4v) is 4.65. The average Bonchev–Trinajstić information content (AvgIpc) is 2.59. The highest BCUT2D eigenvalue weighted by Crippen LogP contribution is 2.29. The zero-order valence-electron chi connectivity index (χ0n) is 14.3. The molecule has 146 valence electrons. The second-order valence-corrected chi connectivity index (χ2v) is 8.88. The van der Waals surface area contributed by atoms with E-state index in [9.17, 15) is 22.7 Å². The summed E-state index contributed by atoms with van der Waals surface area (Å²) in [6.07, 6.45) is -1.14. The fraction of sp³-hybridized carbons (Fsp3) is 0.278. The van der Waals surface area contributed by atoms with E-state index in [2.05, 4.69) is 5.32 Å². The van der Waals surface area contributed by atoms with Crippen LogP contribution in [0.25, 0.3) is 0 Å². The first-order valence-corrected chi connectivity index (χ1v) is 10.4. The van der Waals surface area contributed by atoms with Gasteiger partial charge in [-0.25, -0.2) is 12.8 Å². The molecule has 0 aliphatic carbocycles. The van der Waals surface area contributed by atoms with Crippen LogP contribution in [0, 0.1) is 11.7 Å². The standard InChI is InChI=1S/C18H18Cl2FNO4S/c1-11(10-27(25,26)13-7-5-12(21)6-8-13)18(24)22-9-16(23)17-14(19)3-2-4-15(17)20/h2-8,11,16,23H,9-10H2,1H3,(H,22,24)/t11-,16-/m1/s1. The Morgan fingerprint density at radius 3 is 2.26 bits per heavy atom. The number of nitrogens with one attached hydrogen (secondary N) is 1. The van der Waals surface area contributed by atoms with Crippen LogP contribution < -0.4 is 5.32 Å². The lowest BCUT2D eigenvalue weighted by Gasteiger charge is -2.17. The quantitative estimate of drug-likeness (QED) is 0.655. The van der Waals surface area contributed by atoms with Crippen molar-refractivity contribution in [2.24, 2.45) is 5.92 Å². The predicted molar refractivity (Wildman–Crippen MR) is 102 cm³/mol. The van der Waals surface area contributed by atoms with E-state index in [4.69, 9.17) is 23.2 Å². The summed E-state index contributed by atoms with van der Waals surface area (Å²) in [5.41, 5.74) is 0.285. The smallest absolute Gasteiger partial charge is 0.223 e. The van der Waals surface area contributed by atoms with Crippen molar-refractivity contribution >= 4 is 38.9 Å². The second kappa shape index (κ2) is 9.01. The number of carbonyl (C=O) groups is 1. The Morgan fingerprint density at radius 1 is 1.15 bits per heavy atom. The normalized spacial score (nSPS) is 13.8. The summed E-state index contributed by atoms with van der Waals surface area (Å²) in [5.74, 6) is -2.43. The van der Waals surface area contributed by atoms with E-state index in [0.29, 0.717) is 0 Å². The molecule has 9 heteroatoms. The van der Waals surface area contributed by atoms with Gasteiger partial charge in [0.15, 0.2) is 9.84 Å². The number of rotatable bonds is 7. The zero-order chi connectivity index (χ0) is 20.2. The third kappa shape index (κ3) is 5.65. The van der Waals surface area contributed by atoms with E-state index in [0.717, 1.165) is 24.3 Å². The molecule has 0 aliphatic rings. The van der Waals surface area contributed by atoms with Gasteiger partial charge in [0.25, 0.3) is 0 Å². The SMILES string of the molecule is C[C@H](CS(=O)(=O)c1ccc(F)cc1)C(=O)NC[C@@H](O)c1c(Cl)cccc1Cl. The van der Waals surface area contributed by atoms with Crippen LogP contribution in [-0.2, 0) is 14.6 Å². The van der Waals surface area contributed by atoms with Crippen molar-refractivity contribution in [3.8, 4) is 0 Å². The van der Waals surface area contributed by atoms with Crippen LogP contribution in [0.5, 0.6) is 0 Å². The van der Waals surface area contributed by atoms with E-state index in [1.807, 2.05) is 0 Å². The number of carbonyl (C=O) groups excluding carboxylic acids is 1. The third-order valence-corrected chi connectivity index (χ3v) is 6.48. The molecule has 0 bridgehead atoms. The highest BCUT2D eigenvalue weighted by molar-refractivity contribution is 7.91. The Hall–Kier alpha value is -1.67. The molecule has 2 N–H and O–H groups in total. The van der Waals surface area contributed by atoms with Crippen LogP contribution in [0.3, 0.4) is 0 Å². The maximum atomic E-state index is 12.9. The number of halogens is 3. The zero-order valence-corrected chi connectivity index (χ0v) is 16.7. The molecule has 0 unspecified atom stereocenters. The van der Waals surface area contributed by atoms with E-state index in [1.165, 1.54) is 6.92 Å². The van der Waals surface area contributed by atoms with Crippen molar-refractivity contribution in [3.63, 3.8) is 0 Å². The molecule has 2 aromatic carbocycles. The summed E-state index contributed by atoms with van der Waals surface area (Å²) in [4.78, 5) is 12.1. The van der Waals surface area contributed by atoms with E-state index < -0.39 is 39.3 Å². The van der Waals surface area contributed by atoms with Crippen molar-refractivity contribution in [2.75, 3.05) is 12.3 Å². The molecule has 2 atom stereocenters. The van der Waals surface area contributed by atoms with Gasteiger partial charge in [-0.1, -0.05) is 36.2 Å². The molecule has 0 saturated carbocycles. The van der Waals surface area contributed by atoms with E-state index in [1.54, 1.807) is 18.2 Å². The summed E-state index contributed by atoms with van der Waals surface area (Å²) in [5, 5.41) is 13.2. The van der Waals surface area contributed by atoms with Crippen molar-refractivity contribution < 1.29 is 22.7 Å². The molecule has 0 aliphatic heterocycles. The minimum atomic E-state index is -3.76. The predicted octanol–water partition coefficient (Wildman–Crippen LogP) is 3.39. The van der Waals surface area contributed by atoms with Gasteiger partial charge in [-0.05, 0) is 36.4 Å². The highest BCUT2D eigenvalue weighted by Gasteiger charge is 2.24. The summed E-state index contributed by atoms with van der Waals surface area (Å²) >= 11 is 12.0. The summed E-state index contributed by atoms with van der Waals surface area (Å²) in [6, 6.07) is 9.14. The number of aliphatic hydroxyl groups excluding tert-OH is 1. The summed E-state index contributed by atoms with van der Waals surface area (Å²) in [7, 11) is -3.76. The number of aliphatic hydroxyl groups is 1. The topological polar surface area (TPSA) is 83.5 Å². The van der Waals surface area contributed by atoms with Crippen LogP contribution in [0.1, 0.15) is 18.6 Å². The molecule has 0 aromatic heterocycles. The second-order valence-electron chi connectivity index (χ2n) is 6.03. The molecule has 2 aromatic rings. The van der Waals surface area contributed by atoms with Crippen LogP contribution >= 0.6 is 23.2 Å². The molecule has 0 saturated heterocycles. The van der Waals surface area contributed by atoms with Crippen molar-refractivity contribution in [2.45, 2.75) is 17.9 Å². The largest absolute Gasteiger partial charge is 0.386 e. The Bertz CT molecular complexity index is 899. The Balaban J connectivity index is 1.98. The van der Waals surface area contributed by atoms with Crippen LogP contribution in [0.2, 0.25) is 10.0 Å². The van der Waals surface area contributed by atoms with E-state index in [-0.39, 0.29) is 27.0 Å². The van der Waals surface area contributed by atoms with Crippen LogP contribution in [0.15, 0.2) is 47.4 Å². The number of hydrogen-bond acceptors (Lipinski definition) is 4. The minimum absolute atomic E-state index is 0.0635. The lowest BCUT2D eigenvalue weighted by atomic mass is 10.1. The highest BCUT2D eigenvalue weighted by atomic mass is 35.5. The Morgan fingerprint density at radius 2 is 1.70 bits per heavy atom. The number of amides is 1. The molecule has 0 fully saturated rings. The van der Waals surface area contributed by atoms with Gasteiger partial charge in [0, 0.05) is 28.1 Å². The minimum Gasteiger partial charge on any atom is -0.386 e. The van der Waals surface area contributed by atoms with Crippen molar-refractivity contribution in [1.29, 1.82) is 0 Å². The number of hydrogen-bond donors (Lipinski definition) is 2. The Kier molecular flexibility index (Phi) is 7.22. The summed E-state index contributed by atoms with van der Waals surface area (Å²) in [6.45, 7) is 1.27. The molecular weight excluding hydrogens is 416 g/mol. The summed E-state index contributed by atoms with van der Waals surface area (Å²) < 4.78 is 37.6. The monoisotopic (exact) mass is 433 g/mol. The third-order valence-electron chi connectivity index (χ3n) is 3.89. The first-order chi connectivity index (χ1) is 12.6. The van der Waals surface area contributed by atoms with Crippen molar-refractivity contribution in [1.82, 2.24) is 5.32 Å². The molecule has 0 radical (unpaired) electrons. The van der Waals surface area contributed by atoms with Crippen LogP contribution in [-0.4, -0.2) is 31.7 Å². The molecule has 5 nitrogen and oxygen atoms in total. The first-order valence-electron chi connectivity index (χ1n) is 8.00. The lowest BCUT2D eigenvalue weighted by molar-refractivity contribution is -0.124. The molecule has 0 heterocycles. The van der Waals surface area contributed by atoms with Gasteiger partial charge in [-0.2, -0.15) is 0 Å². The molecule has 0 spiro atoms. The maximum absolute atomic E-state index is 12.9. The number of benzene rings is 2. The van der Waals surface area contributed by atoms with Gasteiger partial charge in [-0.15, -0.1) is 0 Å². The average molecular weight is 434 g/mol. The van der Waals surface area contributed by atoms with Gasteiger partial charge in [0.05, 0.1) is 16.8 Å². The molecule has 1 amide bonds.